The summed E-state index contributed by atoms with van der Waals surface area (Å²) in [5.74, 6) is -1.03. The van der Waals surface area contributed by atoms with Gasteiger partial charge in [0.25, 0.3) is 5.91 Å². The van der Waals surface area contributed by atoms with E-state index in [0.29, 0.717) is 22.1 Å². The molecule has 3 rings (SSSR count). The fourth-order valence-electron chi connectivity index (χ4n) is 2.74. The van der Waals surface area contributed by atoms with Crippen molar-refractivity contribution in [2.75, 3.05) is 18.7 Å². The van der Waals surface area contributed by atoms with E-state index in [4.69, 9.17) is 25.8 Å². The summed E-state index contributed by atoms with van der Waals surface area (Å²) in [5, 5.41) is 3.03. The van der Waals surface area contributed by atoms with Gasteiger partial charge in [0.1, 0.15) is 0 Å². The first-order valence-electron chi connectivity index (χ1n) is 9.02. The number of esters is 1. The largest absolute Gasteiger partial charge is 0.456 e. The molecule has 30 heavy (non-hydrogen) atoms. The highest BCUT2D eigenvalue weighted by Gasteiger charge is 2.21. The van der Waals surface area contributed by atoms with Crippen molar-refractivity contribution in [3.63, 3.8) is 0 Å². The van der Waals surface area contributed by atoms with Gasteiger partial charge >= 0.3 is 5.97 Å². The number of anilines is 1. The monoisotopic (exact) mass is 431 g/mol. The Hall–Kier alpha value is -3.39. The highest BCUT2D eigenvalue weighted by atomic mass is 35.5. The zero-order valence-corrected chi connectivity index (χ0v) is 16.8. The molecule has 1 aliphatic rings. The van der Waals surface area contributed by atoms with Crippen LogP contribution in [0, 0.1) is 0 Å². The van der Waals surface area contributed by atoms with E-state index in [1.165, 1.54) is 19.1 Å². The van der Waals surface area contributed by atoms with Gasteiger partial charge in [0.2, 0.25) is 6.79 Å². The standard InChI is InChI=1S/C21H18ClNO7/c1-12(24)15-8-18-19(30-11-29-18)9-16(15)23-20(26)10-28-21(27)7-6-17(25)13-2-4-14(22)5-3-13/h2-5,8-9H,6-7,10-11H2,1H3,(H,23,26). The normalized spacial score (nSPS) is 11.7. The first-order chi connectivity index (χ1) is 14.3. The highest BCUT2D eigenvalue weighted by Crippen LogP contribution is 2.37. The van der Waals surface area contributed by atoms with E-state index in [1.807, 2.05) is 0 Å². The van der Waals surface area contributed by atoms with Crippen LogP contribution >= 0.6 is 11.6 Å². The SMILES string of the molecule is CC(=O)c1cc2c(cc1NC(=O)COC(=O)CCC(=O)c1ccc(Cl)cc1)OCO2. The Morgan fingerprint density at radius 1 is 1.03 bits per heavy atom. The Morgan fingerprint density at radius 3 is 2.37 bits per heavy atom. The Balaban J connectivity index is 1.50. The van der Waals surface area contributed by atoms with Crippen LogP contribution in [0.3, 0.4) is 0 Å². The van der Waals surface area contributed by atoms with Gasteiger partial charge in [-0.2, -0.15) is 0 Å². The molecule has 1 N–H and O–H groups in total. The molecule has 0 radical (unpaired) electrons. The van der Waals surface area contributed by atoms with Gasteiger partial charge in [0, 0.05) is 28.6 Å². The number of ether oxygens (including phenoxy) is 3. The van der Waals surface area contributed by atoms with Crippen LogP contribution in [0.15, 0.2) is 36.4 Å². The van der Waals surface area contributed by atoms with Gasteiger partial charge in [-0.15, -0.1) is 0 Å². The van der Waals surface area contributed by atoms with Crippen molar-refractivity contribution in [3.05, 3.63) is 52.5 Å². The second-order valence-corrected chi connectivity index (χ2v) is 6.88. The maximum atomic E-state index is 12.1. The van der Waals surface area contributed by atoms with Crippen LogP contribution in [-0.4, -0.2) is 36.8 Å². The minimum atomic E-state index is -0.690. The second-order valence-electron chi connectivity index (χ2n) is 6.45. The van der Waals surface area contributed by atoms with E-state index < -0.39 is 18.5 Å². The van der Waals surface area contributed by atoms with E-state index in [2.05, 4.69) is 5.32 Å². The van der Waals surface area contributed by atoms with Gasteiger partial charge in [0.05, 0.1) is 12.1 Å². The van der Waals surface area contributed by atoms with Crippen LogP contribution in [0.1, 0.15) is 40.5 Å². The summed E-state index contributed by atoms with van der Waals surface area (Å²) in [6.45, 7) is 0.821. The first kappa shape index (κ1) is 21.3. The predicted octanol–water partition coefficient (Wildman–Crippen LogP) is 3.42. The average Bonchev–Trinajstić information content (AvgIpc) is 3.17. The summed E-state index contributed by atoms with van der Waals surface area (Å²) in [6.07, 6.45) is -0.226. The smallest absolute Gasteiger partial charge is 0.306 e. The topological polar surface area (TPSA) is 108 Å². The van der Waals surface area contributed by atoms with E-state index in [0.717, 1.165) is 0 Å². The quantitative estimate of drug-likeness (QED) is 0.504. The van der Waals surface area contributed by atoms with Gasteiger partial charge in [0.15, 0.2) is 29.7 Å². The fourth-order valence-corrected chi connectivity index (χ4v) is 2.86. The summed E-state index contributed by atoms with van der Waals surface area (Å²) >= 11 is 5.77. The number of rotatable bonds is 8. The molecule has 0 saturated heterocycles. The predicted molar refractivity (Wildman–Crippen MR) is 107 cm³/mol. The highest BCUT2D eigenvalue weighted by molar-refractivity contribution is 6.30. The minimum absolute atomic E-state index is 0.0242. The second kappa shape index (κ2) is 9.41. The third-order valence-corrected chi connectivity index (χ3v) is 4.50. The number of hydrogen-bond donors (Lipinski definition) is 1. The number of hydrogen-bond acceptors (Lipinski definition) is 7. The van der Waals surface area contributed by atoms with Gasteiger partial charge in [-0.3, -0.25) is 19.2 Å². The molecule has 9 heteroatoms. The molecule has 2 aromatic rings. The number of nitrogens with one attached hydrogen (secondary N) is 1. The zero-order chi connectivity index (χ0) is 21.7. The third kappa shape index (κ3) is 5.36. The maximum absolute atomic E-state index is 12.1. The molecule has 0 bridgehead atoms. The summed E-state index contributed by atoms with van der Waals surface area (Å²) in [6, 6.07) is 9.27. The number of benzene rings is 2. The number of halogens is 1. The summed E-state index contributed by atoms with van der Waals surface area (Å²) in [4.78, 5) is 47.9. The van der Waals surface area contributed by atoms with Crippen molar-refractivity contribution < 1.29 is 33.4 Å². The van der Waals surface area contributed by atoms with Gasteiger partial charge in [-0.05, 0) is 37.3 Å². The lowest BCUT2D eigenvalue weighted by Gasteiger charge is -2.11. The fraction of sp³-hybridized carbons (Fsp3) is 0.238. The van der Waals surface area contributed by atoms with E-state index >= 15 is 0 Å². The molecular formula is C21H18ClNO7. The van der Waals surface area contributed by atoms with Crippen molar-refractivity contribution >= 4 is 40.7 Å². The van der Waals surface area contributed by atoms with Crippen LogP contribution in [-0.2, 0) is 14.3 Å². The molecule has 1 aliphatic heterocycles. The van der Waals surface area contributed by atoms with Crippen molar-refractivity contribution in [2.24, 2.45) is 0 Å². The van der Waals surface area contributed by atoms with Gasteiger partial charge in [-0.25, -0.2) is 0 Å². The lowest BCUT2D eigenvalue weighted by Crippen LogP contribution is -2.22. The third-order valence-electron chi connectivity index (χ3n) is 4.25. The maximum Gasteiger partial charge on any atom is 0.306 e. The molecule has 1 heterocycles. The zero-order valence-electron chi connectivity index (χ0n) is 16.0. The van der Waals surface area contributed by atoms with Crippen LogP contribution in [0.2, 0.25) is 5.02 Å². The average molecular weight is 432 g/mol. The molecule has 0 saturated carbocycles. The Kier molecular flexibility index (Phi) is 6.68. The molecule has 8 nitrogen and oxygen atoms in total. The van der Waals surface area contributed by atoms with Crippen molar-refractivity contribution in [3.8, 4) is 11.5 Å². The molecule has 0 aromatic heterocycles. The molecule has 0 atom stereocenters. The number of carbonyl (C=O) groups excluding carboxylic acids is 4. The van der Waals surface area contributed by atoms with Crippen molar-refractivity contribution in [1.82, 2.24) is 0 Å². The molecule has 1 amide bonds. The molecular weight excluding hydrogens is 414 g/mol. The number of Topliss-reactive ketones (excluding diaryl/α,β-unsaturated/α-hetero) is 2. The van der Waals surface area contributed by atoms with E-state index in [1.54, 1.807) is 24.3 Å². The Labute approximate surface area is 177 Å². The van der Waals surface area contributed by atoms with Crippen molar-refractivity contribution in [1.29, 1.82) is 0 Å². The van der Waals surface area contributed by atoms with E-state index in [9.17, 15) is 19.2 Å². The van der Waals surface area contributed by atoms with Crippen molar-refractivity contribution in [2.45, 2.75) is 19.8 Å². The molecule has 0 spiro atoms. The summed E-state index contributed by atoms with van der Waals surface area (Å²) < 4.78 is 15.4. The van der Waals surface area contributed by atoms with Crippen LogP contribution in [0.4, 0.5) is 5.69 Å². The number of carbonyl (C=O) groups is 4. The first-order valence-corrected chi connectivity index (χ1v) is 9.40. The molecule has 0 unspecified atom stereocenters. The molecule has 2 aromatic carbocycles. The lowest BCUT2D eigenvalue weighted by atomic mass is 10.1. The summed E-state index contributed by atoms with van der Waals surface area (Å²) in [7, 11) is 0. The molecule has 0 fully saturated rings. The lowest BCUT2D eigenvalue weighted by molar-refractivity contribution is -0.147. The van der Waals surface area contributed by atoms with Gasteiger partial charge < -0.3 is 19.5 Å². The number of amides is 1. The van der Waals surface area contributed by atoms with Gasteiger partial charge in [-0.1, -0.05) is 11.6 Å². The Morgan fingerprint density at radius 2 is 1.70 bits per heavy atom. The number of fused-ring (bicyclic) bond motifs is 1. The summed E-state index contributed by atoms with van der Waals surface area (Å²) in [5.41, 5.74) is 0.905. The molecule has 0 aliphatic carbocycles. The van der Waals surface area contributed by atoms with Crippen LogP contribution in [0.25, 0.3) is 0 Å². The van der Waals surface area contributed by atoms with Crippen LogP contribution < -0.4 is 14.8 Å². The number of ketones is 2. The Bertz CT molecular complexity index is 1000. The minimum Gasteiger partial charge on any atom is -0.456 e. The molecule has 156 valence electrons. The van der Waals surface area contributed by atoms with Crippen LogP contribution in [0.5, 0.6) is 11.5 Å². The van der Waals surface area contributed by atoms with E-state index in [-0.39, 0.29) is 42.5 Å².